The van der Waals surface area contributed by atoms with Gasteiger partial charge in [-0.2, -0.15) is 10.2 Å². The Kier molecular flexibility index (Phi) is 7.65. The summed E-state index contributed by atoms with van der Waals surface area (Å²) < 4.78 is 11.8. The summed E-state index contributed by atoms with van der Waals surface area (Å²) in [4.78, 5) is 32.1. The zero-order chi connectivity index (χ0) is 27.6. The topological polar surface area (TPSA) is 107 Å². The van der Waals surface area contributed by atoms with Crippen molar-refractivity contribution in [1.82, 2.24) is 20.1 Å². The quantitative estimate of drug-likeness (QED) is 0.396. The second-order valence-electron chi connectivity index (χ2n) is 10.8. The van der Waals surface area contributed by atoms with Gasteiger partial charge in [0, 0.05) is 40.8 Å². The molecule has 1 aromatic carbocycles. The molecule has 9 nitrogen and oxygen atoms in total. The second-order valence-corrected chi connectivity index (χ2v) is 11.7. The Hall–Kier alpha value is -3.79. The molecule has 1 aliphatic heterocycles. The minimum absolute atomic E-state index is 0.232. The Bertz CT molecular complexity index is 1390. The smallest absolute Gasteiger partial charge is 0.410 e. The molecular weight excluding hydrogens is 514 g/mol. The molecule has 1 aliphatic carbocycles. The highest BCUT2D eigenvalue weighted by Gasteiger charge is 2.27. The van der Waals surface area contributed by atoms with Crippen molar-refractivity contribution in [2.45, 2.75) is 65.1 Å². The molecule has 1 N–H and O–H groups in total. The third-order valence-electron chi connectivity index (χ3n) is 6.76. The molecule has 0 radical (unpaired) electrons. The molecule has 2 amide bonds. The van der Waals surface area contributed by atoms with Gasteiger partial charge in [-0.25, -0.2) is 9.78 Å². The molecule has 0 unspecified atom stereocenters. The number of benzene rings is 1. The van der Waals surface area contributed by atoms with E-state index in [4.69, 9.17) is 9.47 Å². The molecule has 2 aliphatic rings. The lowest BCUT2D eigenvalue weighted by Crippen LogP contribution is -2.39. The molecule has 0 bridgehead atoms. The van der Waals surface area contributed by atoms with Crippen molar-refractivity contribution in [3.63, 3.8) is 0 Å². The van der Waals surface area contributed by atoms with Gasteiger partial charge in [-0.15, -0.1) is 11.3 Å². The Morgan fingerprint density at radius 3 is 2.62 bits per heavy atom. The second kappa shape index (κ2) is 11.1. The molecule has 0 spiro atoms. The van der Waals surface area contributed by atoms with Gasteiger partial charge in [-0.3, -0.25) is 4.79 Å². The van der Waals surface area contributed by atoms with Gasteiger partial charge >= 0.3 is 6.09 Å². The summed E-state index contributed by atoms with van der Waals surface area (Å²) in [5.74, 6) is 0.531. The minimum atomic E-state index is -0.550. The average molecular weight is 548 g/mol. The van der Waals surface area contributed by atoms with Gasteiger partial charge in [0.05, 0.1) is 18.5 Å². The highest BCUT2D eigenvalue weighted by atomic mass is 32.1. The third-order valence-corrected chi connectivity index (χ3v) is 7.65. The first-order chi connectivity index (χ1) is 18.7. The summed E-state index contributed by atoms with van der Waals surface area (Å²) in [5, 5.41) is 13.2. The Labute approximate surface area is 232 Å². The van der Waals surface area contributed by atoms with Crippen molar-refractivity contribution < 1.29 is 19.1 Å². The van der Waals surface area contributed by atoms with Gasteiger partial charge in [0.1, 0.15) is 22.1 Å². The van der Waals surface area contributed by atoms with Crippen LogP contribution in [-0.2, 0) is 4.74 Å². The van der Waals surface area contributed by atoms with E-state index in [0.717, 1.165) is 40.9 Å². The molecule has 1 saturated carbocycles. The summed E-state index contributed by atoms with van der Waals surface area (Å²) in [6.45, 7) is 8.57. The van der Waals surface area contributed by atoms with Crippen molar-refractivity contribution in [3.05, 3.63) is 58.9 Å². The maximum atomic E-state index is 13.3. The van der Waals surface area contributed by atoms with Crippen LogP contribution in [-0.4, -0.2) is 56.9 Å². The summed E-state index contributed by atoms with van der Waals surface area (Å²) in [7, 11) is 0. The van der Waals surface area contributed by atoms with Gasteiger partial charge < -0.3 is 19.7 Å². The third kappa shape index (κ3) is 6.27. The van der Waals surface area contributed by atoms with Crippen LogP contribution in [0.2, 0.25) is 0 Å². The van der Waals surface area contributed by atoms with Crippen LogP contribution in [0.5, 0.6) is 5.75 Å². The predicted octanol–water partition coefficient (Wildman–Crippen LogP) is 6.12. The molecule has 2 aromatic heterocycles. The zero-order valence-electron chi connectivity index (χ0n) is 22.7. The fraction of sp³-hybridized carbons (Fsp3) is 0.414. The molecule has 3 heterocycles. The Morgan fingerprint density at radius 2 is 1.97 bits per heavy atom. The number of nitrogens with one attached hydrogen (secondary N) is 1. The first-order valence-corrected chi connectivity index (χ1v) is 14.1. The first kappa shape index (κ1) is 26.8. The van der Waals surface area contributed by atoms with E-state index in [1.165, 1.54) is 17.8 Å². The van der Waals surface area contributed by atoms with E-state index in [9.17, 15) is 9.59 Å². The first-order valence-electron chi connectivity index (χ1n) is 13.2. The largest absolute Gasteiger partial charge is 0.490 e. The molecule has 5 rings (SSSR count). The van der Waals surface area contributed by atoms with E-state index in [0.29, 0.717) is 35.9 Å². The van der Waals surface area contributed by atoms with Gasteiger partial charge in [0.15, 0.2) is 0 Å². The molecule has 10 heteroatoms. The van der Waals surface area contributed by atoms with Crippen molar-refractivity contribution in [2.75, 3.05) is 18.4 Å². The van der Waals surface area contributed by atoms with Crippen molar-refractivity contribution in [1.29, 1.82) is 0 Å². The van der Waals surface area contributed by atoms with Crippen molar-refractivity contribution >= 4 is 34.6 Å². The van der Waals surface area contributed by atoms with Crippen LogP contribution in [0.1, 0.15) is 68.1 Å². The maximum absolute atomic E-state index is 13.3. The summed E-state index contributed by atoms with van der Waals surface area (Å²) >= 11 is 1.38. The fourth-order valence-corrected chi connectivity index (χ4v) is 5.30. The van der Waals surface area contributed by atoms with E-state index in [1.807, 2.05) is 52.0 Å². The number of thiazole rings is 1. The summed E-state index contributed by atoms with van der Waals surface area (Å²) in [5.41, 5.74) is 4.24. The Balaban J connectivity index is 1.40. The average Bonchev–Trinajstić information content (AvgIpc) is 3.38. The zero-order valence-corrected chi connectivity index (χ0v) is 23.5. The number of amides is 2. The van der Waals surface area contributed by atoms with E-state index < -0.39 is 5.60 Å². The van der Waals surface area contributed by atoms with E-state index in [1.54, 1.807) is 22.7 Å². The molecule has 0 saturated heterocycles. The molecule has 0 atom stereocenters. The van der Waals surface area contributed by atoms with Gasteiger partial charge in [0.2, 0.25) is 0 Å². The molecule has 1 fully saturated rings. The molecular formula is C29H33N5O4S. The lowest BCUT2D eigenvalue weighted by Gasteiger charge is -2.31. The SMILES string of the molecule is Cc1c(OC2CCC2)ccc(NC(=O)c2csc(-c3ccnnc3)n2)c1C1=CCN(C(=O)OC(C)(C)C)CC1. The summed E-state index contributed by atoms with van der Waals surface area (Å²) in [6.07, 6.45) is 9.09. The molecule has 3 aromatic rings. The van der Waals surface area contributed by atoms with Crippen LogP contribution >= 0.6 is 11.3 Å². The normalized spacial score (nSPS) is 15.8. The van der Waals surface area contributed by atoms with Crippen LogP contribution in [0.15, 0.2) is 42.0 Å². The highest BCUT2D eigenvalue weighted by Crippen LogP contribution is 2.38. The number of aromatic nitrogens is 3. The fourth-order valence-electron chi connectivity index (χ4n) is 4.51. The van der Waals surface area contributed by atoms with E-state index in [2.05, 4.69) is 20.5 Å². The van der Waals surface area contributed by atoms with Crippen LogP contribution < -0.4 is 10.1 Å². The van der Waals surface area contributed by atoms with Gasteiger partial charge in [-0.05, 0) is 77.2 Å². The lowest BCUT2D eigenvalue weighted by molar-refractivity contribution is 0.0270. The number of carbonyl (C=O) groups excluding carboxylic acids is 2. The van der Waals surface area contributed by atoms with E-state index in [-0.39, 0.29) is 18.1 Å². The number of hydrogen-bond donors (Lipinski definition) is 1. The van der Waals surface area contributed by atoms with Crippen LogP contribution in [0.4, 0.5) is 10.5 Å². The summed E-state index contributed by atoms with van der Waals surface area (Å²) in [6, 6.07) is 5.64. The monoisotopic (exact) mass is 547 g/mol. The van der Waals surface area contributed by atoms with Gasteiger partial charge in [0.25, 0.3) is 5.91 Å². The number of hydrogen-bond acceptors (Lipinski definition) is 8. The molecule has 204 valence electrons. The predicted molar refractivity (Wildman–Crippen MR) is 151 cm³/mol. The van der Waals surface area contributed by atoms with E-state index >= 15 is 0 Å². The van der Waals surface area contributed by atoms with Crippen LogP contribution in [0, 0.1) is 6.92 Å². The maximum Gasteiger partial charge on any atom is 0.410 e. The standard InChI is InChI=1S/C29H33N5O4S/c1-18-24(37-21-6-5-7-21)9-8-22(25(18)19-11-14-34(15-12-19)28(36)38-29(2,3)4)32-26(35)23-17-39-27(33-23)20-10-13-30-31-16-20/h8-11,13,16-17,21H,5-7,12,14-15H2,1-4H3,(H,32,35). The lowest BCUT2D eigenvalue weighted by atomic mass is 9.92. The number of carbonyl (C=O) groups is 2. The molecule has 39 heavy (non-hydrogen) atoms. The minimum Gasteiger partial charge on any atom is -0.490 e. The van der Waals surface area contributed by atoms with Crippen LogP contribution in [0.3, 0.4) is 0 Å². The Morgan fingerprint density at radius 1 is 1.15 bits per heavy atom. The van der Waals surface area contributed by atoms with Crippen molar-refractivity contribution in [3.8, 4) is 16.3 Å². The van der Waals surface area contributed by atoms with Crippen LogP contribution in [0.25, 0.3) is 16.1 Å². The number of anilines is 1. The number of ether oxygens (including phenoxy) is 2. The van der Waals surface area contributed by atoms with Gasteiger partial charge in [-0.1, -0.05) is 6.08 Å². The number of nitrogens with zero attached hydrogens (tertiary/aromatic N) is 4. The number of rotatable bonds is 6. The van der Waals surface area contributed by atoms with Crippen molar-refractivity contribution in [2.24, 2.45) is 0 Å². The highest BCUT2D eigenvalue weighted by molar-refractivity contribution is 7.13.